The summed E-state index contributed by atoms with van der Waals surface area (Å²) in [6, 6.07) is 17.8. The number of rotatable bonds is 4. The number of amides is 2. The van der Waals surface area contributed by atoms with Crippen LogP contribution >= 0.6 is 11.6 Å². The van der Waals surface area contributed by atoms with Crippen LogP contribution in [0.2, 0.25) is 5.02 Å². The number of hydrogen-bond acceptors (Lipinski definition) is 3. The number of anilines is 2. The third-order valence-corrected chi connectivity index (χ3v) is 5.31. The van der Waals surface area contributed by atoms with E-state index in [4.69, 9.17) is 11.6 Å². The van der Waals surface area contributed by atoms with E-state index in [1.807, 2.05) is 19.9 Å². The average molecular weight is 421 g/mol. The summed E-state index contributed by atoms with van der Waals surface area (Å²) in [6.45, 7) is 3.88. The van der Waals surface area contributed by atoms with E-state index >= 15 is 0 Å². The van der Waals surface area contributed by atoms with Crippen LogP contribution in [0.25, 0.3) is 5.57 Å². The Morgan fingerprint density at radius 3 is 2.27 bits per heavy atom. The largest absolute Gasteiger partial charge is 0.350 e. The summed E-state index contributed by atoms with van der Waals surface area (Å²) >= 11 is 5.99. The number of nitrogens with zero attached hydrogens (tertiary/aromatic N) is 1. The summed E-state index contributed by atoms with van der Waals surface area (Å²) in [5.41, 5.74) is 3.72. The Kier molecular flexibility index (Phi) is 5.14. The van der Waals surface area contributed by atoms with Gasteiger partial charge < -0.3 is 5.32 Å². The molecule has 0 saturated carbocycles. The fourth-order valence-corrected chi connectivity index (χ4v) is 3.47. The SMILES string of the molecule is Cc1ccc(N2C(=O)C(Nc3cccc(F)c3)=C(c3ccc(Cl)cc3)C2=O)cc1C. The van der Waals surface area contributed by atoms with Crippen LogP contribution in [0, 0.1) is 19.7 Å². The van der Waals surface area contributed by atoms with E-state index in [2.05, 4.69) is 5.32 Å². The highest BCUT2D eigenvalue weighted by molar-refractivity contribution is 6.46. The van der Waals surface area contributed by atoms with Gasteiger partial charge in [0.1, 0.15) is 11.5 Å². The molecular formula is C24H18ClFN2O2. The van der Waals surface area contributed by atoms with Gasteiger partial charge in [0.05, 0.1) is 11.3 Å². The van der Waals surface area contributed by atoms with Gasteiger partial charge in [-0.1, -0.05) is 35.9 Å². The second kappa shape index (κ2) is 7.76. The molecule has 0 spiro atoms. The third kappa shape index (κ3) is 3.60. The zero-order valence-electron chi connectivity index (χ0n) is 16.4. The summed E-state index contributed by atoms with van der Waals surface area (Å²) < 4.78 is 13.7. The van der Waals surface area contributed by atoms with Gasteiger partial charge >= 0.3 is 0 Å². The van der Waals surface area contributed by atoms with Crippen LogP contribution in [0.4, 0.5) is 15.8 Å². The van der Waals surface area contributed by atoms with E-state index in [9.17, 15) is 14.0 Å². The van der Waals surface area contributed by atoms with Crippen LogP contribution in [0.1, 0.15) is 16.7 Å². The van der Waals surface area contributed by atoms with Crippen LogP contribution < -0.4 is 10.2 Å². The van der Waals surface area contributed by atoms with Gasteiger partial charge in [-0.3, -0.25) is 9.59 Å². The molecular weight excluding hydrogens is 403 g/mol. The number of halogens is 2. The Hall–Kier alpha value is -3.44. The van der Waals surface area contributed by atoms with Gasteiger partial charge in [-0.05, 0) is 73.0 Å². The van der Waals surface area contributed by atoms with Crippen molar-refractivity contribution in [2.24, 2.45) is 0 Å². The van der Waals surface area contributed by atoms with E-state index in [0.29, 0.717) is 22.0 Å². The minimum absolute atomic E-state index is 0.0890. The van der Waals surface area contributed by atoms with Crippen molar-refractivity contribution in [2.75, 3.05) is 10.2 Å². The number of aryl methyl sites for hydroxylation is 2. The van der Waals surface area contributed by atoms with Crippen LogP contribution in [0.5, 0.6) is 0 Å². The summed E-state index contributed by atoms with van der Waals surface area (Å²) in [6.07, 6.45) is 0. The van der Waals surface area contributed by atoms with Gasteiger partial charge in [-0.25, -0.2) is 9.29 Å². The lowest BCUT2D eigenvalue weighted by atomic mass is 10.0. The number of imide groups is 1. The molecule has 0 atom stereocenters. The molecule has 1 aliphatic heterocycles. The zero-order chi connectivity index (χ0) is 21.4. The topological polar surface area (TPSA) is 49.4 Å². The smallest absolute Gasteiger partial charge is 0.282 e. The number of carbonyl (C=O) groups excluding carboxylic acids is 2. The molecule has 3 aromatic carbocycles. The Morgan fingerprint density at radius 2 is 1.60 bits per heavy atom. The minimum atomic E-state index is -0.502. The molecule has 2 amide bonds. The van der Waals surface area contributed by atoms with Gasteiger partial charge in [0.2, 0.25) is 0 Å². The number of benzene rings is 3. The first-order chi connectivity index (χ1) is 14.3. The van der Waals surface area contributed by atoms with Crippen LogP contribution in [-0.4, -0.2) is 11.8 Å². The number of hydrogen-bond donors (Lipinski definition) is 1. The molecule has 0 unspecified atom stereocenters. The first-order valence-electron chi connectivity index (χ1n) is 9.34. The van der Waals surface area contributed by atoms with Crippen molar-refractivity contribution in [3.05, 3.63) is 100.0 Å². The molecule has 3 aromatic rings. The standard InChI is InChI=1S/C24H18ClFN2O2/c1-14-6-11-20(12-15(14)2)28-23(29)21(16-7-9-17(25)10-8-16)22(24(28)30)27-19-5-3-4-18(26)13-19/h3-13,27H,1-2H3. The van der Waals surface area contributed by atoms with E-state index in [1.54, 1.807) is 42.5 Å². The fraction of sp³-hybridized carbons (Fsp3) is 0.0833. The van der Waals surface area contributed by atoms with Crippen LogP contribution in [0.3, 0.4) is 0 Å². The Morgan fingerprint density at radius 1 is 0.867 bits per heavy atom. The first-order valence-corrected chi connectivity index (χ1v) is 9.72. The summed E-state index contributed by atoms with van der Waals surface area (Å²) in [5.74, 6) is -1.40. The molecule has 1 aliphatic rings. The normalized spacial score (nSPS) is 13.9. The molecule has 0 aromatic heterocycles. The van der Waals surface area contributed by atoms with E-state index in [-0.39, 0.29) is 11.3 Å². The Balaban J connectivity index is 1.83. The molecule has 4 nitrogen and oxygen atoms in total. The fourth-order valence-electron chi connectivity index (χ4n) is 3.34. The van der Waals surface area contributed by atoms with Crippen molar-refractivity contribution in [1.82, 2.24) is 0 Å². The van der Waals surface area contributed by atoms with Gasteiger partial charge in [0.15, 0.2) is 0 Å². The quantitative estimate of drug-likeness (QED) is 0.567. The molecule has 1 N–H and O–H groups in total. The van der Waals surface area contributed by atoms with Crippen LogP contribution in [-0.2, 0) is 9.59 Å². The number of carbonyl (C=O) groups is 2. The van der Waals surface area contributed by atoms with Crippen molar-refractivity contribution in [3.63, 3.8) is 0 Å². The van der Waals surface area contributed by atoms with Crippen molar-refractivity contribution in [1.29, 1.82) is 0 Å². The Bertz CT molecular complexity index is 1200. The van der Waals surface area contributed by atoms with E-state index in [1.165, 1.54) is 18.2 Å². The van der Waals surface area contributed by atoms with Crippen LogP contribution in [0.15, 0.2) is 72.4 Å². The molecule has 4 rings (SSSR count). The van der Waals surface area contributed by atoms with Gasteiger partial charge in [-0.2, -0.15) is 0 Å². The van der Waals surface area contributed by atoms with Crippen molar-refractivity contribution >= 4 is 40.4 Å². The molecule has 30 heavy (non-hydrogen) atoms. The predicted molar refractivity (Wildman–Crippen MR) is 117 cm³/mol. The molecule has 0 radical (unpaired) electrons. The van der Waals surface area contributed by atoms with Gasteiger partial charge in [0.25, 0.3) is 11.8 Å². The lowest BCUT2D eigenvalue weighted by Gasteiger charge is -2.17. The third-order valence-electron chi connectivity index (χ3n) is 5.06. The second-order valence-corrected chi connectivity index (χ2v) is 7.54. The maximum Gasteiger partial charge on any atom is 0.282 e. The molecule has 0 fully saturated rings. The van der Waals surface area contributed by atoms with Gasteiger partial charge in [0, 0.05) is 10.7 Å². The molecule has 0 aliphatic carbocycles. The summed E-state index contributed by atoms with van der Waals surface area (Å²) in [7, 11) is 0. The molecule has 6 heteroatoms. The summed E-state index contributed by atoms with van der Waals surface area (Å²) in [5, 5.41) is 3.46. The van der Waals surface area contributed by atoms with Crippen molar-refractivity contribution in [2.45, 2.75) is 13.8 Å². The Labute approximate surface area is 178 Å². The molecule has 1 heterocycles. The zero-order valence-corrected chi connectivity index (χ0v) is 17.1. The highest BCUT2D eigenvalue weighted by atomic mass is 35.5. The molecule has 0 bridgehead atoms. The molecule has 150 valence electrons. The van der Waals surface area contributed by atoms with Crippen molar-refractivity contribution < 1.29 is 14.0 Å². The van der Waals surface area contributed by atoms with Crippen molar-refractivity contribution in [3.8, 4) is 0 Å². The lowest BCUT2D eigenvalue weighted by molar-refractivity contribution is -0.120. The minimum Gasteiger partial charge on any atom is -0.350 e. The van der Waals surface area contributed by atoms with E-state index in [0.717, 1.165) is 16.0 Å². The summed E-state index contributed by atoms with van der Waals surface area (Å²) in [4.78, 5) is 27.8. The monoisotopic (exact) mass is 420 g/mol. The molecule has 0 saturated heterocycles. The first kappa shape index (κ1) is 19.9. The van der Waals surface area contributed by atoms with E-state index < -0.39 is 17.6 Å². The maximum absolute atomic E-state index is 13.7. The lowest BCUT2D eigenvalue weighted by Crippen LogP contribution is -2.32. The highest BCUT2D eigenvalue weighted by Crippen LogP contribution is 2.34. The number of nitrogens with one attached hydrogen (secondary N) is 1. The highest BCUT2D eigenvalue weighted by Gasteiger charge is 2.40. The second-order valence-electron chi connectivity index (χ2n) is 7.11. The maximum atomic E-state index is 13.7. The van der Waals surface area contributed by atoms with Gasteiger partial charge in [-0.15, -0.1) is 0 Å². The predicted octanol–water partition coefficient (Wildman–Crippen LogP) is 5.49. The average Bonchev–Trinajstić information content (AvgIpc) is 2.95.